The van der Waals surface area contributed by atoms with E-state index in [2.05, 4.69) is 41.1 Å². The number of likely N-dealkylation sites (tertiary alicyclic amines) is 1. The molecule has 3 nitrogen and oxygen atoms in total. The van der Waals surface area contributed by atoms with Crippen molar-refractivity contribution in [3.05, 3.63) is 41.4 Å². The van der Waals surface area contributed by atoms with Gasteiger partial charge in [0.25, 0.3) is 0 Å². The van der Waals surface area contributed by atoms with Crippen molar-refractivity contribution in [2.45, 2.75) is 19.5 Å². The van der Waals surface area contributed by atoms with E-state index in [4.69, 9.17) is 5.73 Å². The van der Waals surface area contributed by atoms with E-state index in [9.17, 15) is 0 Å². The molecule has 1 aliphatic rings. The Labute approximate surface area is 118 Å². The van der Waals surface area contributed by atoms with Crippen LogP contribution in [0.25, 0.3) is 10.6 Å². The van der Waals surface area contributed by atoms with Gasteiger partial charge in [0.1, 0.15) is 5.01 Å². The lowest BCUT2D eigenvalue weighted by molar-refractivity contribution is 0.321. The number of nitrogens with zero attached hydrogens (tertiary/aromatic N) is 2. The van der Waals surface area contributed by atoms with Crippen molar-refractivity contribution in [3.8, 4) is 10.6 Å². The van der Waals surface area contributed by atoms with Gasteiger partial charge in [-0.1, -0.05) is 37.3 Å². The molecule has 0 saturated carbocycles. The lowest BCUT2D eigenvalue weighted by atomic mass is 10.1. The van der Waals surface area contributed by atoms with Gasteiger partial charge in [-0.05, 0) is 5.92 Å². The van der Waals surface area contributed by atoms with Crippen LogP contribution in [0, 0.1) is 5.92 Å². The van der Waals surface area contributed by atoms with Crippen LogP contribution in [0.15, 0.2) is 36.5 Å². The third-order valence-corrected chi connectivity index (χ3v) is 4.73. The number of hydrogen-bond acceptors (Lipinski definition) is 4. The van der Waals surface area contributed by atoms with E-state index in [0.717, 1.165) is 24.6 Å². The molecule has 2 aromatic rings. The minimum Gasteiger partial charge on any atom is -0.326 e. The quantitative estimate of drug-likeness (QED) is 0.934. The van der Waals surface area contributed by atoms with Crippen LogP contribution >= 0.6 is 11.3 Å². The third-order valence-electron chi connectivity index (χ3n) is 3.70. The maximum atomic E-state index is 6.06. The van der Waals surface area contributed by atoms with Crippen molar-refractivity contribution in [3.63, 3.8) is 0 Å². The van der Waals surface area contributed by atoms with E-state index >= 15 is 0 Å². The van der Waals surface area contributed by atoms with Crippen molar-refractivity contribution in [2.75, 3.05) is 13.1 Å². The molecule has 2 unspecified atom stereocenters. The minimum absolute atomic E-state index is 0.321. The SMILES string of the molecule is CC1CN(Cc2cnc(-c3ccccc3)s2)CC1N. The molecule has 1 aliphatic heterocycles. The summed E-state index contributed by atoms with van der Waals surface area (Å²) in [4.78, 5) is 8.27. The fourth-order valence-electron chi connectivity index (χ4n) is 2.54. The second kappa shape index (κ2) is 5.41. The summed E-state index contributed by atoms with van der Waals surface area (Å²) in [5.74, 6) is 0.599. The Balaban J connectivity index is 1.69. The van der Waals surface area contributed by atoms with Crippen LogP contribution in [0.4, 0.5) is 0 Å². The average molecular weight is 273 g/mol. The Morgan fingerprint density at radius 3 is 2.79 bits per heavy atom. The van der Waals surface area contributed by atoms with Crippen molar-refractivity contribution in [1.82, 2.24) is 9.88 Å². The number of aromatic nitrogens is 1. The number of benzene rings is 1. The second-order valence-electron chi connectivity index (χ2n) is 5.33. The Kier molecular flexibility index (Phi) is 3.64. The molecule has 1 saturated heterocycles. The topological polar surface area (TPSA) is 42.2 Å². The lowest BCUT2D eigenvalue weighted by Gasteiger charge is -2.12. The van der Waals surface area contributed by atoms with Crippen molar-refractivity contribution < 1.29 is 0 Å². The molecule has 1 aromatic heterocycles. The number of thiazole rings is 1. The summed E-state index contributed by atoms with van der Waals surface area (Å²) in [5.41, 5.74) is 7.26. The summed E-state index contributed by atoms with van der Waals surface area (Å²) in [6.07, 6.45) is 2.00. The van der Waals surface area contributed by atoms with Crippen LogP contribution in [0.2, 0.25) is 0 Å². The highest BCUT2D eigenvalue weighted by atomic mass is 32.1. The molecule has 1 fully saturated rings. The van der Waals surface area contributed by atoms with Gasteiger partial charge in [0.05, 0.1) is 0 Å². The van der Waals surface area contributed by atoms with Crippen molar-refractivity contribution in [2.24, 2.45) is 11.7 Å². The van der Waals surface area contributed by atoms with Crippen LogP contribution < -0.4 is 5.73 Å². The predicted molar refractivity (Wildman–Crippen MR) is 80.0 cm³/mol. The molecule has 0 amide bonds. The predicted octanol–water partition coefficient (Wildman–Crippen LogP) is 2.59. The maximum absolute atomic E-state index is 6.06. The highest BCUT2D eigenvalue weighted by Gasteiger charge is 2.26. The van der Waals surface area contributed by atoms with Crippen LogP contribution in [0.1, 0.15) is 11.8 Å². The molecule has 0 radical (unpaired) electrons. The van der Waals surface area contributed by atoms with Gasteiger partial charge < -0.3 is 5.73 Å². The van der Waals surface area contributed by atoms with Gasteiger partial charge in [0.2, 0.25) is 0 Å². The Morgan fingerprint density at radius 1 is 1.32 bits per heavy atom. The van der Waals surface area contributed by atoms with E-state index < -0.39 is 0 Å². The first-order valence-corrected chi connectivity index (χ1v) is 7.52. The molecule has 19 heavy (non-hydrogen) atoms. The van der Waals surface area contributed by atoms with Gasteiger partial charge in [0.15, 0.2) is 0 Å². The van der Waals surface area contributed by atoms with Gasteiger partial charge in [-0.15, -0.1) is 11.3 Å². The zero-order chi connectivity index (χ0) is 13.2. The smallest absolute Gasteiger partial charge is 0.123 e. The van der Waals surface area contributed by atoms with E-state index in [1.54, 1.807) is 11.3 Å². The van der Waals surface area contributed by atoms with Gasteiger partial charge >= 0.3 is 0 Å². The van der Waals surface area contributed by atoms with Gasteiger partial charge in [-0.25, -0.2) is 4.98 Å². The van der Waals surface area contributed by atoms with Crippen LogP contribution in [0.3, 0.4) is 0 Å². The second-order valence-corrected chi connectivity index (χ2v) is 6.45. The first kappa shape index (κ1) is 12.8. The molecule has 3 rings (SSSR count). The van der Waals surface area contributed by atoms with Gasteiger partial charge in [-0.3, -0.25) is 4.90 Å². The van der Waals surface area contributed by atoms with Crippen LogP contribution in [-0.2, 0) is 6.54 Å². The molecule has 2 atom stereocenters. The molecule has 0 spiro atoms. The largest absolute Gasteiger partial charge is 0.326 e. The summed E-state index contributed by atoms with van der Waals surface area (Å²) >= 11 is 1.78. The minimum atomic E-state index is 0.321. The fraction of sp³-hybridized carbons (Fsp3) is 0.400. The number of hydrogen-bond donors (Lipinski definition) is 1. The Bertz CT molecular complexity index is 527. The van der Waals surface area contributed by atoms with E-state index in [0.29, 0.717) is 12.0 Å². The Hall–Kier alpha value is -1.23. The summed E-state index contributed by atoms with van der Waals surface area (Å²) in [7, 11) is 0. The fourth-order valence-corrected chi connectivity index (χ4v) is 3.50. The van der Waals surface area contributed by atoms with Crippen LogP contribution in [-0.4, -0.2) is 29.0 Å². The first-order chi connectivity index (χ1) is 9.22. The summed E-state index contributed by atoms with van der Waals surface area (Å²) in [6.45, 7) is 5.30. The molecule has 4 heteroatoms. The maximum Gasteiger partial charge on any atom is 0.123 e. The van der Waals surface area contributed by atoms with Crippen LogP contribution in [0.5, 0.6) is 0 Å². The summed E-state index contributed by atoms with van der Waals surface area (Å²) < 4.78 is 0. The zero-order valence-corrected chi connectivity index (χ0v) is 11.9. The molecule has 100 valence electrons. The van der Waals surface area contributed by atoms with Gasteiger partial charge in [0, 0.05) is 42.3 Å². The number of nitrogens with two attached hydrogens (primary N) is 1. The number of rotatable bonds is 3. The summed E-state index contributed by atoms with van der Waals surface area (Å²) in [6, 6.07) is 10.7. The monoisotopic (exact) mass is 273 g/mol. The standard InChI is InChI=1S/C15H19N3S/c1-11-8-18(10-14(11)16)9-13-7-17-15(19-13)12-5-3-2-4-6-12/h2-7,11,14H,8-10,16H2,1H3. The third kappa shape index (κ3) is 2.86. The molecular formula is C15H19N3S. The zero-order valence-electron chi connectivity index (χ0n) is 11.1. The normalized spacial score (nSPS) is 23.9. The van der Waals surface area contributed by atoms with E-state index in [1.165, 1.54) is 10.4 Å². The molecule has 1 aromatic carbocycles. The van der Waals surface area contributed by atoms with Gasteiger partial charge in [-0.2, -0.15) is 0 Å². The first-order valence-electron chi connectivity index (χ1n) is 6.70. The highest BCUT2D eigenvalue weighted by Crippen LogP contribution is 2.27. The molecule has 0 aliphatic carbocycles. The molecular weight excluding hydrogens is 254 g/mol. The molecule has 2 heterocycles. The summed E-state index contributed by atoms with van der Waals surface area (Å²) in [5, 5.41) is 1.10. The van der Waals surface area contributed by atoms with E-state index in [1.807, 2.05) is 12.3 Å². The molecule has 2 N–H and O–H groups in total. The van der Waals surface area contributed by atoms with Crippen molar-refractivity contribution >= 4 is 11.3 Å². The lowest BCUT2D eigenvalue weighted by Crippen LogP contribution is -2.28. The average Bonchev–Trinajstić information content (AvgIpc) is 2.99. The highest BCUT2D eigenvalue weighted by molar-refractivity contribution is 7.15. The Morgan fingerprint density at radius 2 is 2.11 bits per heavy atom. The van der Waals surface area contributed by atoms with E-state index in [-0.39, 0.29) is 0 Å². The van der Waals surface area contributed by atoms with Crippen molar-refractivity contribution in [1.29, 1.82) is 0 Å². The molecule has 0 bridgehead atoms.